The molecule has 2 rings (SSSR count). The minimum absolute atomic E-state index is 0.198. The first-order chi connectivity index (χ1) is 9.38. The highest BCUT2D eigenvalue weighted by atomic mass is 16.4. The molecular formula is C14H20N4O2. The first kappa shape index (κ1) is 14.3. The molecule has 0 bridgehead atoms. The van der Waals surface area contributed by atoms with E-state index in [1.165, 1.54) is 6.20 Å². The Hall–Kier alpha value is -2.11. The molecule has 2 aromatic heterocycles. The van der Waals surface area contributed by atoms with Crippen LogP contribution in [0.5, 0.6) is 0 Å². The lowest BCUT2D eigenvalue weighted by Gasteiger charge is -2.29. The van der Waals surface area contributed by atoms with Crippen molar-refractivity contribution >= 4 is 22.7 Å². The molecule has 108 valence electrons. The number of anilines is 1. The van der Waals surface area contributed by atoms with Crippen molar-refractivity contribution in [3.63, 3.8) is 0 Å². The Bertz CT molecular complexity index is 661. The summed E-state index contributed by atoms with van der Waals surface area (Å²) in [6.45, 7) is 8.72. The van der Waals surface area contributed by atoms with E-state index in [9.17, 15) is 9.90 Å². The predicted molar refractivity (Wildman–Crippen MR) is 78.4 cm³/mol. The molecule has 0 aliphatic heterocycles. The molecule has 0 fully saturated rings. The van der Waals surface area contributed by atoms with Crippen LogP contribution in [0.15, 0.2) is 6.20 Å². The molecule has 6 heteroatoms. The largest absolute Gasteiger partial charge is 0.478 e. The van der Waals surface area contributed by atoms with Gasteiger partial charge in [0.15, 0.2) is 5.65 Å². The van der Waals surface area contributed by atoms with Gasteiger partial charge in [0.1, 0.15) is 5.56 Å². The summed E-state index contributed by atoms with van der Waals surface area (Å²) in [4.78, 5) is 17.9. The molecule has 0 unspecified atom stereocenters. The number of carboxylic acids is 1. The van der Waals surface area contributed by atoms with Crippen molar-refractivity contribution in [3.8, 4) is 0 Å². The van der Waals surface area contributed by atoms with Gasteiger partial charge in [-0.05, 0) is 27.7 Å². The van der Waals surface area contributed by atoms with Gasteiger partial charge in [-0.3, -0.25) is 4.68 Å². The molecule has 0 saturated carbocycles. The molecular weight excluding hydrogens is 256 g/mol. The van der Waals surface area contributed by atoms with Crippen LogP contribution in [0, 0.1) is 6.92 Å². The Balaban J connectivity index is 2.88. The second-order valence-corrected chi connectivity index (χ2v) is 5.11. The Morgan fingerprint density at radius 1 is 1.50 bits per heavy atom. The highest BCUT2D eigenvalue weighted by molar-refractivity contribution is 6.04. The topological polar surface area (TPSA) is 71.2 Å². The zero-order valence-corrected chi connectivity index (χ0v) is 12.5. The lowest BCUT2D eigenvalue weighted by molar-refractivity contribution is 0.0697. The maximum atomic E-state index is 11.5. The molecule has 0 amide bonds. The van der Waals surface area contributed by atoms with E-state index in [4.69, 9.17) is 0 Å². The van der Waals surface area contributed by atoms with E-state index in [-0.39, 0.29) is 11.6 Å². The number of pyridine rings is 1. The molecule has 0 saturated heterocycles. The summed E-state index contributed by atoms with van der Waals surface area (Å²) in [6, 6.07) is 0.198. The second-order valence-electron chi connectivity index (χ2n) is 5.11. The summed E-state index contributed by atoms with van der Waals surface area (Å²) < 4.78 is 1.69. The molecule has 1 N–H and O–H groups in total. The van der Waals surface area contributed by atoms with E-state index in [0.717, 1.165) is 17.6 Å². The van der Waals surface area contributed by atoms with Crippen molar-refractivity contribution in [2.75, 3.05) is 11.4 Å². The van der Waals surface area contributed by atoms with Crippen LogP contribution in [0.25, 0.3) is 11.0 Å². The van der Waals surface area contributed by atoms with Gasteiger partial charge in [0, 0.05) is 25.8 Å². The third-order valence-corrected chi connectivity index (χ3v) is 3.48. The number of hydrogen-bond acceptors (Lipinski definition) is 4. The van der Waals surface area contributed by atoms with Crippen LogP contribution in [-0.2, 0) is 7.05 Å². The molecule has 0 aliphatic carbocycles. The van der Waals surface area contributed by atoms with Crippen LogP contribution in [0.4, 0.5) is 5.69 Å². The lowest BCUT2D eigenvalue weighted by Crippen LogP contribution is -2.32. The Kier molecular flexibility index (Phi) is 3.65. The van der Waals surface area contributed by atoms with E-state index in [1.54, 1.807) is 4.68 Å². The normalized spacial score (nSPS) is 11.3. The highest BCUT2D eigenvalue weighted by Crippen LogP contribution is 2.32. The number of hydrogen-bond donors (Lipinski definition) is 1. The zero-order chi connectivity index (χ0) is 15.0. The third kappa shape index (κ3) is 2.11. The fourth-order valence-electron chi connectivity index (χ4n) is 2.63. The molecule has 0 spiro atoms. The van der Waals surface area contributed by atoms with Crippen LogP contribution < -0.4 is 4.90 Å². The average molecular weight is 276 g/mol. The Labute approximate surface area is 118 Å². The van der Waals surface area contributed by atoms with Gasteiger partial charge in [-0.1, -0.05) is 0 Å². The first-order valence-electron chi connectivity index (χ1n) is 6.70. The van der Waals surface area contributed by atoms with Gasteiger partial charge in [-0.2, -0.15) is 5.10 Å². The van der Waals surface area contributed by atoms with Gasteiger partial charge in [0.05, 0.1) is 16.8 Å². The van der Waals surface area contributed by atoms with Crippen molar-refractivity contribution < 1.29 is 9.90 Å². The monoisotopic (exact) mass is 276 g/mol. The summed E-state index contributed by atoms with van der Waals surface area (Å²) >= 11 is 0. The first-order valence-corrected chi connectivity index (χ1v) is 6.70. The van der Waals surface area contributed by atoms with Gasteiger partial charge in [-0.15, -0.1) is 0 Å². The van der Waals surface area contributed by atoms with Crippen molar-refractivity contribution in [3.05, 3.63) is 17.5 Å². The van der Waals surface area contributed by atoms with Crippen molar-refractivity contribution in [2.24, 2.45) is 7.05 Å². The smallest absolute Gasteiger partial charge is 0.339 e. The van der Waals surface area contributed by atoms with Crippen LogP contribution in [0.3, 0.4) is 0 Å². The van der Waals surface area contributed by atoms with Gasteiger partial charge in [0.2, 0.25) is 0 Å². The van der Waals surface area contributed by atoms with Gasteiger partial charge >= 0.3 is 5.97 Å². The van der Waals surface area contributed by atoms with Crippen LogP contribution >= 0.6 is 0 Å². The zero-order valence-electron chi connectivity index (χ0n) is 12.5. The number of aromatic carboxylic acids is 1. The quantitative estimate of drug-likeness (QED) is 0.927. The molecule has 2 heterocycles. The molecule has 0 radical (unpaired) electrons. The van der Waals surface area contributed by atoms with Crippen molar-refractivity contribution in [1.82, 2.24) is 14.8 Å². The van der Waals surface area contributed by atoms with Crippen molar-refractivity contribution in [2.45, 2.75) is 33.7 Å². The Morgan fingerprint density at radius 2 is 2.15 bits per heavy atom. The van der Waals surface area contributed by atoms with E-state index in [2.05, 4.69) is 15.0 Å². The summed E-state index contributed by atoms with van der Waals surface area (Å²) in [6.07, 6.45) is 1.42. The summed E-state index contributed by atoms with van der Waals surface area (Å²) in [7, 11) is 1.82. The fraction of sp³-hybridized carbons (Fsp3) is 0.500. The second kappa shape index (κ2) is 5.11. The van der Waals surface area contributed by atoms with Crippen LogP contribution in [0.2, 0.25) is 0 Å². The number of aromatic nitrogens is 3. The van der Waals surface area contributed by atoms with Crippen LogP contribution in [-0.4, -0.2) is 38.4 Å². The SMILES string of the molecule is CCN(c1c(C(=O)O)cnc2c1c(C)nn2C)C(C)C. The van der Waals surface area contributed by atoms with Gasteiger partial charge in [0.25, 0.3) is 0 Å². The summed E-state index contributed by atoms with van der Waals surface area (Å²) in [5.41, 5.74) is 2.45. The lowest BCUT2D eigenvalue weighted by atomic mass is 10.1. The highest BCUT2D eigenvalue weighted by Gasteiger charge is 2.24. The van der Waals surface area contributed by atoms with Gasteiger partial charge < -0.3 is 10.0 Å². The fourth-order valence-corrected chi connectivity index (χ4v) is 2.63. The third-order valence-electron chi connectivity index (χ3n) is 3.48. The molecule has 2 aromatic rings. The van der Waals surface area contributed by atoms with Crippen molar-refractivity contribution in [1.29, 1.82) is 0 Å². The van der Waals surface area contributed by atoms with Gasteiger partial charge in [-0.25, -0.2) is 9.78 Å². The van der Waals surface area contributed by atoms with E-state index in [0.29, 0.717) is 11.3 Å². The molecule has 6 nitrogen and oxygen atoms in total. The minimum Gasteiger partial charge on any atom is -0.478 e. The molecule has 20 heavy (non-hydrogen) atoms. The van der Waals surface area contributed by atoms with E-state index < -0.39 is 5.97 Å². The van der Waals surface area contributed by atoms with E-state index in [1.807, 2.05) is 34.7 Å². The molecule has 0 aromatic carbocycles. The number of fused-ring (bicyclic) bond motifs is 1. The molecule has 0 aliphatic rings. The Morgan fingerprint density at radius 3 is 2.65 bits per heavy atom. The maximum Gasteiger partial charge on any atom is 0.339 e. The number of nitrogens with zero attached hydrogens (tertiary/aromatic N) is 4. The minimum atomic E-state index is -0.961. The molecule has 0 atom stereocenters. The predicted octanol–water partition coefficient (Wildman–Crippen LogP) is 2.21. The average Bonchev–Trinajstić information content (AvgIpc) is 2.65. The maximum absolute atomic E-state index is 11.5. The number of aryl methyl sites for hydroxylation is 2. The van der Waals surface area contributed by atoms with Crippen LogP contribution in [0.1, 0.15) is 36.8 Å². The van der Waals surface area contributed by atoms with E-state index >= 15 is 0 Å². The number of rotatable bonds is 4. The number of carbonyl (C=O) groups is 1. The standard InChI is InChI=1S/C14H20N4O2/c1-6-18(8(2)3)12-10(14(19)20)7-15-13-11(12)9(4)16-17(13)5/h7-8H,6H2,1-5H3,(H,19,20). The summed E-state index contributed by atoms with van der Waals surface area (Å²) in [5, 5.41) is 14.6. The number of carboxylic acid groups (broad SMARTS) is 1. The summed E-state index contributed by atoms with van der Waals surface area (Å²) in [5.74, 6) is -0.961.